The first-order valence-electron chi connectivity index (χ1n) is 29.3. The molecule has 3 N–H and O–H groups in total. The molecule has 0 aliphatic carbocycles. The summed E-state index contributed by atoms with van der Waals surface area (Å²) in [6.07, 6.45) is 0. The SMILES string of the molecule is O=P1(NCCN(CCN(CCN(CCNP2(=O)Oc3ccccc3-c3ccccc32)P2(=O)Oc3ccccc3-c3ccccc32)[PH]2(O)Oc3ccccc3-c3ccccc32)P2(=O)Oc3ccccc3-c3ccccc32)Oc2ccccc2-c2ccccc21. The van der Waals surface area contributed by atoms with Crippen LogP contribution >= 0.6 is 37.9 Å². The van der Waals surface area contributed by atoms with Gasteiger partial charge in [0.05, 0.1) is 0 Å². The Hall–Kier alpha value is -7.69. The molecular formula is C68H60N5O10P5. The number of rotatable bonds is 17. The Morgan fingerprint density at radius 1 is 0.318 bits per heavy atom. The Balaban J connectivity index is 0.813. The van der Waals surface area contributed by atoms with E-state index >= 15 is 18.3 Å². The Bertz CT molecular complexity index is 4370. The molecule has 5 heterocycles. The fourth-order valence-corrected chi connectivity index (χ4v) is 24.3. The summed E-state index contributed by atoms with van der Waals surface area (Å²) in [6.45, 7) is 0.201. The summed E-state index contributed by atoms with van der Waals surface area (Å²) in [5, 5.41) is 9.23. The van der Waals surface area contributed by atoms with Crippen LogP contribution < -0.4 is 59.3 Å². The molecule has 0 bridgehead atoms. The van der Waals surface area contributed by atoms with Crippen LogP contribution in [-0.2, 0) is 18.3 Å². The summed E-state index contributed by atoms with van der Waals surface area (Å²) in [4.78, 5) is 14.0. The van der Waals surface area contributed by atoms with Gasteiger partial charge in [0.2, 0.25) is 0 Å². The Morgan fingerprint density at radius 2 is 0.614 bits per heavy atom. The van der Waals surface area contributed by atoms with Gasteiger partial charge in [0.1, 0.15) is 0 Å². The number of benzene rings is 10. The molecule has 10 aromatic rings. The van der Waals surface area contributed by atoms with Gasteiger partial charge in [-0.3, -0.25) is 0 Å². The molecule has 0 saturated heterocycles. The van der Waals surface area contributed by atoms with E-state index in [0.29, 0.717) is 55.3 Å². The van der Waals surface area contributed by atoms with E-state index in [-0.39, 0.29) is 52.4 Å². The Morgan fingerprint density at radius 3 is 1.02 bits per heavy atom. The van der Waals surface area contributed by atoms with Gasteiger partial charge in [-0.05, 0) is 0 Å². The zero-order valence-corrected chi connectivity index (χ0v) is 52.1. The summed E-state index contributed by atoms with van der Waals surface area (Å²) in [5.41, 5.74) is 7.94. The van der Waals surface area contributed by atoms with Crippen molar-refractivity contribution in [1.29, 1.82) is 0 Å². The van der Waals surface area contributed by atoms with Gasteiger partial charge >= 0.3 is 502 Å². The number of nitrogens with one attached hydrogen (secondary N) is 2. The average Bonchev–Trinajstić information content (AvgIpc) is 1.46. The molecule has 0 spiro atoms. The predicted molar refractivity (Wildman–Crippen MR) is 352 cm³/mol. The van der Waals surface area contributed by atoms with E-state index in [4.69, 9.17) is 22.6 Å². The third kappa shape index (κ3) is 9.73. The van der Waals surface area contributed by atoms with Gasteiger partial charge in [-0.1, -0.05) is 12.1 Å². The summed E-state index contributed by atoms with van der Waals surface area (Å²) in [6, 6.07) is 75.4. The van der Waals surface area contributed by atoms with E-state index in [1.807, 2.05) is 235 Å². The van der Waals surface area contributed by atoms with Crippen molar-refractivity contribution < 1.29 is 45.8 Å². The molecule has 15 nitrogen and oxygen atoms in total. The first-order valence-corrected chi connectivity index (χ1v) is 37.5. The van der Waals surface area contributed by atoms with Gasteiger partial charge in [-0.15, -0.1) is 0 Å². The molecule has 0 radical (unpaired) electrons. The normalized spacial score (nSPS) is 21.2. The van der Waals surface area contributed by atoms with E-state index in [9.17, 15) is 4.89 Å². The summed E-state index contributed by atoms with van der Waals surface area (Å²) < 4.78 is 103. The topological polar surface area (TPSA) is 168 Å². The number of fused-ring (bicyclic) bond motifs is 15. The second kappa shape index (κ2) is 22.7. The van der Waals surface area contributed by atoms with Crippen LogP contribution in [0.1, 0.15) is 0 Å². The van der Waals surface area contributed by atoms with Gasteiger partial charge in [0.25, 0.3) is 0 Å². The number of para-hydroxylation sites is 5. The second-order valence-electron chi connectivity index (χ2n) is 22.0. The maximum atomic E-state index is 16.6. The van der Waals surface area contributed by atoms with Crippen LogP contribution in [0.25, 0.3) is 55.6 Å². The molecule has 5 aliphatic rings. The third-order valence-corrected chi connectivity index (χ3v) is 29.3. The summed E-state index contributed by atoms with van der Waals surface area (Å²) in [5.74, 6) is 2.34. The summed E-state index contributed by atoms with van der Waals surface area (Å²) >= 11 is 0. The minimum absolute atomic E-state index is 0.00977. The zero-order chi connectivity index (χ0) is 59.7. The molecule has 15 rings (SSSR count). The van der Waals surface area contributed by atoms with E-state index < -0.39 is 37.9 Å². The first kappa shape index (κ1) is 56.8. The van der Waals surface area contributed by atoms with Gasteiger partial charge in [-0.2, -0.15) is 0 Å². The van der Waals surface area contributed by atoms with E-state index in [1.54, 1.807) is 21.5 Å². The third-order valence-electron chi connectivity index (χ3n) is 17.0. The quantitative estimate of drug-likeness (QED) is 0.0736. The molecule has 0 saturated carbocycles. The first-order chi connectivity index (χ1) is 42.9. The fraction of sp³-hybridized carbons (Fsp3) is 0.118. The van der Waals surface area contributed by atoms with Crippen LogP contribution in [0.15, 0.2) is 243 Å². The van der Waals surface area contributed by atoms with Crippen molar-refractivity contribution in [1.82, 2.24) is 24.2 Å². The molecule has 0 amide bonds. The van der Waals surface area contributed by atoms with Crippen LogP contribution in [0.2, 0.25) is 0 Å². The standard InChI is InChI=1S/C68H60N5O10P5/c74-84(64-36-16-6-26-54(64)49-21-1-11-31-59(49)79-84)69-41-43-71(86(76)66-38-18-8-28-56(66)51-23-3-13-33-61(51)81-86)45-47-73(88(78)68-40-20-10-30-58(68)53-25-5-15-35-63(53)83-88)48-46-72(87(77)67-39-19-9-29-57(67)52-24-4-14-34-62(52)82-87)44-42-70-85(75)65-37-17-7-27-55(65)50-22-2-12-32-60(50)80-85/h1-40,78,88H,41-48H2,(H,69,74)(H,70,75). The van der Waals surface area contributed by atoms with Crippen molar-refractivity contribution in [3.05, 3.63) is 243 Å². The Kier molecular flexibility index (Phi) is 14.7. The second-order valence-corrected chi connectivity index (χ2v) is 33.3. The van der Waals surface area contributed by atoms with Gasteiger partial charge in [0, 0.05) is 0 Å². The van der Waals surface area contributed by atoms with Gasteiger partial charge in [-0.25, -0.2) is 0 Å². The van der Waals surface area contributed by atoms with Crippen LogP contribution in [0.4, 0.5) is 0 Å². The average molecular weight is 1260 g/mol. The van der Waals surface area contributed by atoms with Crippen LogP contribution in [-0.4, -0.2) is 71.3 Å². The molecular weight excluding hydrogens is 1200 g/mol. The Labute approximate surface area is 511 Å². The van der Waals surface area contributed by atoms with Crippen molar-refractivity contribution in [2.45, 2.75) is 0 Å². The molecule has 0 aromatic heterocycles. The molecule has 20 heteroatoms. The predicted octanol–water partition coefficient (Wildman–Crippen LogP) is 13.3. The zero-order valence-electron chi connectivity index (χ0n) is 47.5. The van der Waals surface area contributed by atoms with Crippen molar-refractivity contribution in [2.75, 3.05) is 52.4 Å². The van der Waals surface area contributed by atoms with E-state index in [1.165, 1.54) is 0 Å². The van der Waals surface area contributed by atoms with E-state index in [0.717, 1.165) is 55.6 Å². The number of hydrogen-bond acceptors (Lipinski definition) is 11. The van der Waals surface area contributed by atoms with E-state index in [2.05, 4.69) is 10.2 Å². The van der Waals surface area contributed by atoms with Crippen LogP contribution in [0.3, 0.4) is 0 Å². The molecule has 5 aliphatic heterocycles. The molecule has 0 fully saturated rings. The maximum absolute atomic E-state index is 16.6. The van der Waals surface area contributed by atoms with Crippen LogP contribution in [0.5, 0.6) is 28.7 Å². The minimum atomic E-state index is -4.41. The molecule has 442 valence electrons. The van der Waals surface area contributed by atoms with Crippen LogP contribution in [0, 0.1) is 0 Å². The number of hydrogen-bond donors (Lipinski definition) is 3. The number of nitrogens with zero attached hydrogens (tertiary/aromatic N) is 3. The molecule has 10 aromatic carbocycles. The molecule has 88 heavy (non-hydrogen) atoms. The van der Waals surface area contributed by atoms with Crippen molar-refractivity contribution >= 4 is 64.5 Å². The molecule has 4 unspecified atom stereocenters. The fourth-order valence-electron chi connectivity index (χ4n) is 12.8. The molecule has 4 atom stereocenters. The van der Waals surface area contributed by atoms with Crippen molar-refractivity contribution in [3.63, 3.8) is 0 Å². The van der Waals surface area contributed by atoms with Gasteiger partial charge in [0.15, 0.2) is 0 Å². The van der Waals surface area contributed by atoms with Crippen molar-refractivity contribution in [3.8, 4) is 84.4 Å². The van der Waals surface area contributed by atoms with Gasteiger partial charge < -0.3 is 0 Å². The van der Waals surface area contributed by atoms with Crippen molar-refractivity contribution in [2.24, 2.45) is 0 Å². The summed E-state index contributed by atoms with van der Waals surface area (Å²) in [7, 11) is -20.2. The monoisotopic (exact) mass is 1260 g/mol.